The Hall–Kier alpha value is -1.84. The molecular formula is C15H21NO3. The minimum absolute atomic E-state index is 0.264. The van der Waals surface area contributed by atoms with E-state index < -0.39 is 17.4 Å². The van der Waals surface area contributed by atoms with Crippen LogP contribution < -0.4 is 5.32 Å². The van der Waals surface area contributed by atoms with Gasteiger partial charge in [-0.05, 0) is 25.8 Å². The average Bonchev–Trinajstić information content (AvgIpc) is 2.38. The van der Waals surface area contributed by atoms with Crippen LogP contribution in [0.3, 0.4) is 0 Å². The van der Waals surface area contributed by atoms with Gasteiger partial charge in [0.2, 0.25) is 5.91 Å². The molecule has 0 spiro atoms. The van der Waals surface area contributed by atoms with E-state index in [4.69, 9.17) is 5.11 Å². The summed E-state index contributed by atoms with van der Waals surface area (Å²) in [6, 6.07) is 8.54. The average molecular weight is 263 g/mol. The van der Waals surface area contributed by atoms with Crippen molar-refractivity contribution in [2.24, 2.45) is 0 Å². The first kappa shape index (κ1) is 15.2. The van der Waals surface area contributed by atoms with Gasteiger partial charge in [0.25, 0.3) is 0 Å². The molecule has 0 heterocycles. The van der Waals surface area contributed by atoms with Gasteiger partial charge in [-0.15, -0.1) is 0 Å². The topological polar surface area (TPSA) is 66.4 Å². The molecular weight excluding hydrogens is 242 g/mol. The van der Waals surface area contributed by atoms with Gasteiger partial charge in [0.05, 0.1) is 5.41 Å². The van der Waals surface area contributed by atoms with Crippen LogP contribution in [0.5, 0.6) is 0 Å². The van der Waals surface area contributed by atoms with Crippen LogP contribution in [-0.4, -0.2) is 23.0 Å². The van der Waals surface area contributed by atoms with E-state index >= 15 is 0 Å². The summed E-state index contributed by atoms with van der Waals surface area (Å²) in [4.78, 5) is 23.4. The first-order valence-electron chi connectivity index (χ1n) is 6.49. The Morgan fingerprint density at radius 3 is 2.32 bits per heavy atom. The first-order chi connectivity index (χ1) is 8.89. The fourth-order valence-corrected chi connectivity index (χ4v) is 1.87. The van der Waals surface area contributed by atoms with E-state index in [1.165, 1.54) is 0 Å². The van der Waals surface area contributed by atoms with Crippen LogP contribution in [0.2, 0.25) is 0 Å². The van der Waals surface area contributed by atoms with Crippen molar-refractivity contribution in [3.05, 3.63) is 35.9 Å². The van der Waals surface area contributed by atoms with Gasteiger partial charge in [0, 0.05) is 0 Å². The molecule has 1 atom stereocenters. The van der Waals surface area contributed by atoms with Crippen molar-refractivity contribution in [2.75, 3.05) is 0 Å². The highest BCUT2D eigenvalue weighted by atomic mass is 16.4. The zero-order valence-corrected chi connectivity index (χ0v) is 11.6. The molecule has 0 radical (unpaired) electrons. The molecule has 0 bridgehead atoms. The van der Waals surface area contributed by atoms with Crippen LogP contribution in [0, 0.1) is 0 Å². The van der Waals surface area contributed by atoms with E-state index in [0.717, 1.165) is 5.56 Å². The van der Waals surface area contributed by atoms with Gasteiger partial charge in [-0.2, -0.15) is 0 Å². The molecule has 2 N–H and O–H groups in total. The highest BCUT2D eigenvalue weighted by Gasteiger charge is 2.32. The Kier molecular flexibility index (Phi) is 5.10. The quantitative estimate of drug-likeness (QED) is 0.827. The molecule has 1 amide bonds. The summed E-state index contributed by atoms with van der Waals surface area (Å²) in [6.45, 7) is 5.48. The van der Waals surface area contributed by atoms with E-state index in [-0.39, 0.29) is 5.91 Å². The van der Waals surface area contributed by atoms with E-state index in [1.807, 2.05) is 37.3 Å². The van der Waals surface area contributed by atoms with Crippen molar-refractivity contribution < 1.29 is 14.7 Å². The van der Waals surface area contributed by atoms with Crippen molar-refractivity contribution in [3.8, 4) is 0 Å². The van der Waals surface area contributed by atoms with Crippen molar-refractivity contribution in [1.82, 2.24) is 5.32 Å². The highest BCUT2D eigenvalue weighted by Crippen LogP contribution is 2.23. The number of carbonyl (C=O) groups is 2. The standard InChI is InChI=1S/C15H21NO3/c1-4-8-12(13(17)18)16-14(19)15(2,3)11-9-6-5-7-10-11/h5-7,9-10,12H,4,8H2,1-3H3,(H,16,19)(H,17,18). The Labute approximate surface area is 113 Å². The van der Waals surface area contributed by atoms with E-state index in [0.29, 0.717) is 12.8 Å². The number of nitrogens with one attached hydrogen (secondary N) is 1. The minimum Gasteiger partial charge on any atom is -0.480 e. The van der Waals surface area contributed by atoms with Crippen molar-refractivity contribution in [1.29, 1.82) is 0 Å². The smallest absolute Gasteiger partial charge is 0.326 e. The maximum Gasteiger partial charge on any atom is 0.326 e. The number of aliphatic carboxylic acids is 1. The lowest BCUT2D eigenvalue weighted by atomic mass is 9.83. The van der Waals surface area contributed by atoms with Gasteiger partial charge in [0.1, 0.15) is 6.04 Å². The van der Waals surface area contributed by atoms with Gasteiger partial charge in [-0.1, -0.05) is 43.7 Å². The lowest BCUT2D eigenvalue weighted by Crippen LogP contribution is -2.48. The van der Waals surface area contributed by atoms with E-state index in [1.54, 1.807) is 13.8 Å². The number of hydrogen-bond donors (Lipinski definition) is 2. The summed E-state index contributed by atoms with van der Waals surface area (Å²) < 4.78 is 0. The summed E-state index contributed by atoms with van der Waals surface area (Å²) in [5.74, 6) is -1.25. The Balaban J connectivity index is 2.84. The Bertz CT molecular complexity index is 440. The normalized spacial score (nSPS) is 12.8. The molecule has 1 aromatic carbocycles. The summed E-state index contributed by atoms with van der Waals surface area (Å²) in [6.07, 6.45) is 1.15. The highest BCUT2D eigenvalue weighted by molar-refractivity contribution is 5.90. The fraction of sp³-hybridized carbons (Fsp3) is 0.467. The molecule has 0 aromatic heterocycles. The molecule has 4 nitrogen and oxygen atoms in total. The number of hydrogen-bond acceptors (Lipinski definition) is 2. The molecule has 0 fully saturated rings. The number of rotatable bonds is 6. The molecule has 0 saturated carbocycles. The second-order valence-corrected chi connectivity index (χ2v) is 5.14. The van der Waals surface area contributed by atoms with E-state index in [2.05, 4.69) is 5.32 Å². The predicted molar refractivity (Wildman–Crippen MR) is 73.9 cm³/mol. The third-order valence-electron chi connectivity index (χ3n) is 3.24. The predicted octanol–water partition coefficient (Wildman–Crippen LogP) is 2.33. The van der Waals surface area contributed by atoms with Crippen LogP contribution in [0.15, 0.2) is 30.3 Å². The van der Waals surface area contributed by atoms with Gasteiger partial charge in [0.15, 0.2) is 0 Å². The summed E-state index contributed by atoms with van der Waals surface area (Å²) in [5.41, 5.74) is 0.121. The lowest BCUT2D eigenvalue weighted by Gasteiger charge is -2.26. The van der Waals surface area contributed by atoms with Crippen LogP contribution in [-0.2, 0) is 15.0 Å². The second kappa shape index (κ2) is 6.36. The number of carboxylic acid groups (broad SMARTS) is 1. The maximum atomic E-state index is 12.3. The molecule has 1 aromatic rings. The molecule has 104 valence electrons. The van der Waals surface area contributed by atoms with Crippen LogP contribution >= 0.6 is 0 Å². The largest absolute Gasteiger partial charge is 0.480 e. The molecule has 1 rings (SSSR count). The molecule has 0 aliphatic rings. The number of benzene rings is 1. The zero-order valence-electron chi connectivity index (χ0n) is 11.6. The third kappa shape index (κ3) is 3.81. The van der Waals surface area contributed by atoms with Crippen molar-refractivity contribution >= 4 is 11.9 Å². The fourth-order valence-electron chi connectivity index (χ4n) is 1.87. The first-order valence-corrected chi connectivity index (χ1v) is 6.49. The third-order valence-corrected chi connectivity index (χ3v) is 3.24. The Morgan fingerprint density at radius 1 is 1.26 bits per heavy atom. The molecule has 0 aliphatic carbocycles. The van der Waals surface area contributed by atoms with Crippen molar-refractivity contribution in [3.63, 3.8) is 0 Å². The van der Waals surface area contributed by atoms with E-state index in [9.17, 15) is 9.59 Å². The number of carboxylic acids is 1. The molecule has 0 saturated heterocycles. The monoisotopic (exact) mass is 263 g/mol. The summed E-state index contributed by atoms with van der Waals surface area (Å²) in [7, 11) is 0. The van der Waals surface area contributed by atoms with Gasteiger partial charge in [-0.3, -0.25) is 4.79 Å². The van der Waals surface area contributed by atoms with Crippen LogP contribution in [0.4, 0.5) is 0 Å². The SMILES string of the molecule is CCCC(NC(=O)C(C)(C)c1ccccc1)C(=O)O. The maximum absolute atomic E-state index is 12.3. The van der Waals surface area contributed by atoms with Crippen LogP contribution in [0.1, 0.15) is 39.2 Å². The van der Waals surface area contributed by atoms with Crippen LogP contribution in [0.25, 0.3) is 0 Å². The number of amides is 1. The second-order valence-electron chi connectivity index (χ2n) is 5.14. The minimum atomic E-state index is -0.987. The number of carbonyl (C=O) groups excluding carboxylic acids is 1. The zero-order chi connectivity index (χ0) is 14.5. The molecule has 19 heavy (non-hydrogen) atoms. The lowest BCUT2D eigenvalue weighted by molar-refractivity contribution is -0.142. The molecule has 0 aliphatic heterocycles. The van der Waals surface area contributed by atoms with Gasteiger partial charge >= 0.3 is 5.97 Å². The molecule has 1 unspecified atom stereocenters. The van der Waals surface area contributed by atoms with Gasteiger partial charge < -0.3 is 10.4 Å². The van der Waals surface area contributed by atoms with Gasteiger partial charge in [-0.25, -0.2) is 4.79 Å². The molecule has 4 heteroatoms. The Morgan fingerprint density at radius 2 is 1.84 bits per heavy atom. The summed E-state index contributed by atoms with van der Waals surface area (Å²) in [5, 5.41) is 11.7. The summed E-state index contributed by atoms with van der Waals surface area (Å²) >= 11 is 0. The van der Waals surface area contributed by atoms with Crippen molar-refractivity contribution in [2.45, 2.75) is 45.1 Å².